The Hall–Kier alpha value is 0.270. The van der Waals surface area contributed by atoms with Crippen LogP contribution in [0.2, 0.25) is 0 Å². The second kappa shape index (κ2) is 7.57. The van der Waals surface area contributed by atoms with Crippen LogP contribution >= 0.6 is 12.6 Å². The van der Waals surface area contributed by atoms with Gasteiger partial charge in [0.15, 0.2) is 0 Å². The summed E-state index contributed by atoms with van der Waals surface area (Å²) in [5, 5.41) is 9.46. The molecule has 0 radical (unpaired) electrons. The van der Waals surface area contributed by atoms with E-state index in [1.54, 1.807) is 0 Å². The number of thiol groups is 1. The molecule has 3 heteroatoms. The minimum atomic E-state index is -0.223. The molecule has 16 heavy (non-hydrogen) atoms. The van der Waals surface area contributed by atoms with Crippen molar-refractivity contribution in [1.82, 2.24) is 0 Å². The third kappa shape index (κ3) is 5.55. The van der Waals surface area contributed by atoms with Crippen molar-refractivity contribution >= 4 is 12.6 Å². The van der Waals surface area contributed by atoms with Gasteiger partial charge >= 0.3 is 0 Å². The molecule has 1 aliphatic carbocycles. The average Bonchev–Trinajstić information content (AvgIpc) is 2.26. The van der Waals surface area contributed by atoms with Crippen molar-refractivity contribution in [2.45, 2.75) is 64.0 Å². The molecule has 0 spiro atoms. The number of hydrogen-bond acceptors (Lipinski definition) is 3. The Morgan fingerprint density at radius 1 is 1.38 bits per heavy atom. The van der Waals surface area contributed by atoms with Gasteiger partial charge in [-0.25, -0.2) is 0 Å². The Labute approximate surface area is 105 Å². The molecule has 4 unspecified atom stereocenters. The van der Waals surface area contributed by atoms with E-state index in [1.165, 1.54) is 32.1 Å². The van der Waals surface area contributed by atoms with Crippen LogP contribution in [0.25, 0.3) is 0 Å². The molecule has 0 saturated heterocycles. The van der Waals surface area contributed by atoms with E-state index in [1.807, 2.05) is 0 Å². The molecular formula is C13H27NOS. The fraction of sp³-hybridized carbons (Fsp3) is 1.00. The summed E-state index contributed by atoms with van der Waals surface area (Å²) in [5.74, 6) is 2.12. The maximum atomic E-state index is 9.46. The first-order valence-corrected chi connectivity index (χ1v) is 7.29. The molecule has 3 N–H and O–H groups in total. The van der Waals surface area contributed by atoms with Gasteiger partial charge in [0.05, 0.1) is 6.10 Å². The number of nitrogens with two attached hydrogens (primary N) is 1. The maximum absolute atomic E-state index is 9.46. The summed E-state index contributed by atoms with van der Waals surface area (Å²) < 4.78 is 0. The van der Waals surface area contributed by atoms with Crippen LogP contribution in [0.1, 0.15) is 51.9 Å². The molecule has 0 aromatic heterocycles. The zero-order valence-electron chi connectivity index (χ0n) is 10.4. The van der Waals surface area contributed by atoms with Crippen molar-refractivity contribution in [3.05, 3.63) is 0 Å². The van der Waals surface area contributed by atoms with Gasteiger partial charge in [-0.1, -0.05) is 19.8 Å². The summed E-state index contributed by atoms with van der Waals surface area (Å²) in [7, 11) is 0. The first-order valence-electron chi connectivity index (χ1n) is 6.66. The number of aliphatic hydroxyl groups is 1. The van der Waals surface area contributed by atoms with Crippen LogP contribution in [0.5, 0.6) is 0 Å². The predicted octanol–water partition coefficient (Wildman–Crippen LogP) is 2.60. The van der Waals surface area contributed by atoms with Crippen LogP contribution in [0, 0.1) is 11.8 Å². The molecule has 2 nitrogen and oxygen atoms in total. The minimum Gasteiger partial charge on any atom is -0.392 e. The van der Waals surface area contributed by atoms with E-state index in [4.69, 9.17) is 5.73 Å². The number of hydrogen-bond donors (Lipinski definition) is 3. The monoisotopic (exact) mass is 245 g/mol. The fourth-order valence-corrected chi connectivity index (χ4v) is 2.98. The first-order chi connectivity index (χ1) is 7.61. The maximum Gasteiger partial charge on any atom is 0.0628 e. The third-order valence-electron chi connectivity index (χ3n) is 3.76. The van der Waals surface area contributed by atoms with Crippen molar-refractivity contribution in [2.24, 2.45) is 17.6 Å². The molecule has 1 fully saturated rings. The van der Waals surface area contributed by atoms with E-state index in [-0.39, 0.29) is 6.10 Å². The molecule has 1 saturated carbocycles. The molecule has 4 atom stereocenters. The van der Waals surface area contributed by atoms with Crippen molar-refractivity contribution in [3.63, 3.8) is 0 Å². The lowest BCUT2D eigenvalue weighted by Gasteiger charge is -2.28. The summed E-state index contributed by atoms with van der Waals surface area (Å²) in [6, 6.07) is 0.439. The van der Waals surface area contributed by atoms with E-state index in [2.05, 4.69) is 19.6 Å². The second-order valence-corrected chi connectivity index (χ2v) is 5.91. The Bertz CT molecular complexity index is 189. The summed E-state index contributed by atoms with van der Waals surface area (Å²) in [4.78, 5) is 0. The van der Waals surface area contributed by atoms with Crippen LogP contribution in [-0.4, -0.2) is 23.0 Å². The summed E-state index contributed by atoms with van der Waals surface area (Å²) in [5.41, 5.74) is 5.99. The Morgan fingerprint density at radius 2 is 2.12 bits per heavy atom. The van der Waals surface area contributed by atoms with Crippen LogP contribution < -0.4 is 5.73 Å². The standard InChI is InChI=1S/C13H27NOS/c1-10(5-6-13(15)9-16)7-11-3-2-4-12(14)8-11/h10-13,15-16H,2-9,14H2,1H3. The van der Waals surface area contributed by atoms with Gasteiger partial charge in [0.1, 0.15) is 0 Å². The Kier molecular flexibility index (Phi) is 6.78. The van der Waals surface area contributed by atoms with E-state index in [9.17, 15) is 5.11 Å². The molecule has 1 rings (SSSR count). The van der Waals surface area contributed by atoms with Gasteiger partial charge in [0.2, 0.25) is 0 Å². The molecule has 0 bridgehead atoms. The van der Waals surface area contributed by atoms with Crippen molar-refractivity contribution < 1.29 is 5.11 Å². The van der Waals surface area contributed by atoms with Gasteiger partial charge in [-0.3, -0.25) is 0 Å². The summed E-state index contributed by atoms with van der Waals surface area (Å²) in [6.07, 6.45) is 8.15. The number of rotatable bonds is 6. The van der Waals surface area contributed by atoms with Gasteiger partial charge in [0, 0.05) is 11.8 Å². The molecule has 0 aliphatic heterocycles. The highest BCUT2D eigenvalue weighted by atomic mass is 32.1. The van der Waals surface area contributed by atoms with Gasteiger partial charge < -0.3 is 10.8 Å². The molecular weight excluding hydrogens is 218 g/mol. The highest BCUT2D eigenvalue weighted by molar-refractivity contribution is 7.80. The van der Waals surface area contributed by atoms with Crippen LogP contribution in [0.15, 0.2) is 0 Å². The second-order valence-electron chi connectivity index (χ2n) is 5.55. The quantitative estimate of drug-likeness (QED) is 0.630. The fourth-order valence-electron chi connectivity index (χ4n) is 2.80. The van der Waals surface area contributed by atoms with Gasteiger partial charge in [0.25, 0.3) is 0 Å². The smallest absolute Gasteiger partial charge is 0.0628 e. The lowest BCUT2D eigenvalue weighted by molar-refractivity contribution is 0.172. The van der Waals surface area contributed by atoms with Crippen molar-refractivity contribution in [3.8, 4) is 0 Å². The number of aliphatic hydroxyl groups excluding tert-OH is 1. The summed E-state index contributed by atoms with van der Waals surface area (Å²) >= 11 is 4.09. The Morgan fingerprint density at radius 3 is 2.75 bits per heavy atom. The molecule has 0 aromatic rings. The highest BCUT2D eigenvalue weighted by Crippen LogP contribution is 2.30. The van der Waals surface area contributed by atoms with Gasteiger partial charge in [-0.15, -0.1) is 0 Å². The largest absolute Gasteiger partial charge is 0.392 e. The Balaban J connectivity index is 2.15. The zero-order chi connectivity index (χ0) is 12.0. The lowest BCUT2D eigenvalue weighted by atomic mass is 9.80. The molecule has 0 amide bonds. The van der Waals surface area contributed by atoms with Gasteiger partial charge in [-0.2, -0.15) is 12.6 Å². The summed E-state index contributed by atoms with van der Waals surface area (Å²) in [6.45, 7) is 2.30. The van der Waals surface area contributed by atoms with Crippen LogP contribution in [0.3, 0.4) is 0 Å². The van der Waals surface area contributed by atoms with E-state index >= 15 is 0 Å². The van der Waals surface area contributed by atoms with Gasteiger partial charge in [-0.05, 0) is 43.9 Å². The average molecular weight is 245 g/mol. The molecule has 0 aromatic carbocycles. The predicted molar refractivity (Wildman–Crippen MR) is 72.8 cm³/mol. The SMILES string of the molecule is CC(CCC(O)CS)CC1CCCC(N)C1. The molecule has 0 heterocycles. The van der Waals surface area contributed by atoms with Crippen LogP contribution in [0.4, 0.5) is 0 Å². The van der Waals surface area contributed by atoms with Crippen LogP contribution in [-0.2, 0) is 0 Å². The molecule has 1 aliphatic rings. The normalized spacial score (nSPS) is 30.0. The lowest BCUT2D eigenvalue weighted by Crippen LogP contribution is -2.28. The van der Waals surface area contributed by atoms with Crippen molar-refractivity contribution in [1.29, 1.82) is 0 Å². The van der Waals surface area contributed by atoms with E-state index < -0.39 is 0 Å². The third-order valence-corrected chi connectivity index (χ3v) is 4.18. The zero-order valence-corrected chi connectivity index (χ0v) is 11.3. The van der Waals surface area contributed by atoms with E-state index in [0.717, 1.165) is 18.8 Å². The molecule has 96 valence electrons. The van der Waals surface area contributed by atoms with Crippen molar-refractivity contribution in [2.75, 3.05) is 5.75 Å². The highest BCUT2D eigenvalue weighted by Gasteiger charge is 2.21. The minimum absolute atomic E-state index is 0.223. The van der Waals surface area contributed by atoms with E-state index in [0.29, 0.717) is 17.7 Å². The first kappa shape index (κ1) is 14.3. The topological polar surface area (TPSA) is 46.2 Å².